The summed E-state index contributed by atoms with van der Waals surface area (Å²) in [7, 11) is 0. The first-order valence-corrected chi connectivity index (χ1v) is 7.53. The molecule has 0 saturated heterocycles. The van der Waals surface area contributed by atoms with Crippen LogP contribution in [0.4, 0.5) is 5.69 Å². The third-order valence-corrected chi connectivity index (χ3v) is 3.91. The normalized spacial score (nSPS) is 15.0. The Bertz CT molecular complexity index is 471. The van der Waals surface area contributed by atoms with Crippen molar-refractivity contribution in [2.24, 2.45) is 0 Å². The van der Waals surface area contributed by atoms with Gasteiger partial charge in [-0.05, 0) is 24.5 Å². The Morgan fingerprint density at radius 2 is 2.30 bits per heavy atom. The summed E-state index contributed by atoms with van der Waals surface area (Å²) in [6.07, 6.45) is 9.43. The average molecular weight is 275 g/mol. The van der Waals surface area contributed by atoms with E-state index >= 15 is 0 Å². The highest BCUT2D eigenvalue weighted by molar-refractivity contribution is 5.75. The Kier molecular flexibility index (Phi) is 5.56. The minimum absolute atomic E-state index is 0.174. The minimum atomic E-state index is 0.174. The summed E-state index contributed by atoms with van der Waals surface area (Å²) in [5, 5.41) is 12.9. The van der Waals surface area contributed by atoms with E-state index in [0.29, 0.717) is 0 Å². The summed E-state index contributed by atoms with van der Waals surface area (Å²) in [5.41, 5.74) is 10.1. The molecule has 0 amide bonds. The number of nitrogens with zero attached hydrogens (tertiary/aromatic N) is 1. The number of unbranched alkanes of at least 4 members (excludes halogenated alkanes) is 2. The average Bonchev–Trinajstić information content (AvgIpc) is 2.87. The number of hydrogen-bond donors (Lipinski definition) is 3. The van der Waals surface area contributed by atoms with E-state index in [9.17, 15) is 5.11 Å². The fourth-order valence-electron chi connectivity index (χ4n) is 2.63. The lowest BCUT2D eigenvalue weighted by Gasteiger charge is -2.17. The molecule has 4 heteroatoms. The van der Waals surface area contributed by atoms with Crippen LogP contribution in [0.3, 0.4) is 0 Å². The first-order chi connectivity index (χ1) is 9.76. The number of allylic oxidation sites excluding steroid dienone is 1. The van der Waals surface area contributed by atoms with E-state index in [1.165, 1.54) is 18.4 Å². The second-order valence-electron chi connectivity index (χ2n) is 5.42. The molecular formula is C16H25N3O. The van der Waals surface area contributed by atoms with Gasteiger partial charge in [0.1, 0.15) is 0 Å². The Hall–Kier alpha value is -1.39. The van der Waals surface area contributed by atoms with Gasteiger partial charge in [0.2, 0.25) is 0 Å². The van der Waals surface area contributed by atoms with Gasteiger partial charge in [-0.1, -0.05) is 32.3 Å². The van der Waals surface area contributed by atoms with Crippen molar-refractivity contribution in [2.45, 2.75) is 45.1 Å². The van der Waals surface area contributed by atoms with E-state index in [4.69, 9.17) is 5.73 Å². The largest absolute Gasteiger partial charge is 0.398 e. The van der Waals surface area contributed by atoms with Gasteiger partial charge in [-0.15, -0.1) is 0 Å². The number of rotatable bonds is 8. The number of fused-ring (bicyclic) bond motifs is 1. The highest BCUT2D eigenvalue weighted by atomic mass is 16.3. The monoisotopic (exact) mass is 275 g/mol. The summed E-state index contributed by atoms with van der Waals surface area (Å²) in [6, 6.07) is 2.03. The maximum absolute atomic E-state index is 9.42. The molecule has 1 aromatic rings. The molecule has 0 radical (unpaired) electrons. The van der Waals surface area contributed by atoms with E-state index < -0.39 is 0 Å². The number of aliphatic hydroxyl groups is 1. The van der Waals surface area contributed by atoms with Gasteiger partial charge >= 0.3 is 0 Å². The highest BCUT2D eigenvalue weighted by Crippen LogP contribution is 2.28. The van der Waals surface area contributed by atoms with Crippen molar-refractivity contribution in [2.75, 3.05) is 18.9 Å². The Labute approximate surface area is 121 Å². The summed E-state index contributed by atoms with van der Waals surface area (Å²) >= 11 is 0. The first kappa shape index (κ1) is 15.0. The van der Waals surface area contributed by atoms with Crippen molar-refractivity contribution in [3.8, 4) is 0 Å². The molecule has 1 aromatic heterocycles. The number of aliphatic hydroxyl groups excluding tert-OH is 1. The molecule has 0 fully saturated rings. The molecule has 0 saturated carbocycles. The van der Waals surface area contributed by atoms with Crippen molar-refractivity contribution < 1.29 is 5.11 Å². The molecule has 4 N–H and O–H groups in total. The van der Waals surface area contributed by atoms with Crippen LogP contribution in [0.2, 0.25) is 0 Å². The van der Waals surface area contributed by atoms with Crippen LogP contribution in [0.5, 0.6) is 0 Å². The lowest BCUT2D eigenvalue weighted by atomic mass is 10.1. The number of anilines is 1. The van der Waals surface area contributed by atoms with Crippen LogP contribution in [0.25, 0.3) is 5.57 Å². The van der Waals surface area contributed by atoms with Gasteiger partial charge in [-0.3, -0.25) is 4.98 Å². The maximum Gasteiger partial charge on any atom is 0.0727 e. The third kappa shape index (κ3) is 3.58. The van der Waals surface area contributed by atoms with Crippen LogP contribution in [-0.2, 0) is 6.42 Å². The third-order valence-electron chi connectivity index (χ3n) is 3.91. The first-order valence-electron chi connectivity index (χ1n) is 7.53. The van der Waals surface area contributed by atoms with Crippen LogP contribution < -0.4 is 11.1 Å². The molecule has 1 aliphatic carbocycles. The molecule has 2 rings (SSSR count). The minimum Gasteiger partial charge on any atom is -0.398 e. The lowest BCUT2D eigenvalue weighted by Crippen LogP contribution is -2.33. The van der Waals surface area contributed by atoms with Crippen LogP contribution in [-0.4, -0.2) is 29.3 Å². The lowest BCUT2D eigenvalue weighted by molar-refractivity contribution is 0.237. The van der Waals surface area contributed by atoms with Gasteiger partial charge in [-0.2, -0.15) is 0 Å². The topological polar surface area (TPSA) is 71.2 Å². The molecule has 0 unspecified atom stereocenters. The molecule has 1 atom stereocenters. The van der Waals surface area contributed by atoms with Crippen LogP contribution in [0.15, 0.2) is 18.3 Å². The van der Waals surface area contributed by atoms with Crippen molar-refractivity contribution >= 4 is 11.3 Å². The highest BCUT2D eigenvalue weighted by Gasteiger charge is 2.18. The van der Waals surface area contributed by atoms with Crippen molar-refractivity contribution in [3.05, 3.63) is 29.6 Å². The molecule has 0 bridgehead atoms. The zero-order valence-corrected chi connectivity index (χ0v) is 12.2. The van der Waals surface area contributed by atoms with Gasteiger partial charge in [0.15, 0.2) is 0 Å². The van der Waals surface area contributed by atoms with E-state index in [1.807, 2.05) is 6.07 Å². The molecule has 4 nitrogen and oxygen atoms in total. The number of nitrogens with two attached hydrogens (primary N) is 1. The van der Waals surface area contributed by atoms with Crippen molar-refractivity contribution in [1.82, 2.24) is 10.3 Å². The second kappa shape index (κ2) is 7.41. The molecule has 110 valence electrons. The Morgan fingerprint density at radius 1 is 1.45 bits per heavy atom. The van der Waals surface area contributed by atoms with Crippen molar-refractivity contribution in [3.63, 3.8) is 0 Å². The fourth-order valence-corrected chi connectivity index (χ4v) is 2.63. The predicted molar refractivity (Wildman–Crippen MR) is 83.3 cm³/mol. The van der Waals surface area contributed by atoms with Gasteiger partial charge < -0.3 is 16.2 Å². The number of aromatic nitrogens is 1. The van der Waals surface area contributed by atoms with Gasteiger partial charge in [-0.25, -0.2) is 0 Å². The molecule has 1 aliphatic rings. The molecule has 0 aromatic carbocycles. The summed E-state index contributed by atoms with van der Waals surface area (Å²) in [6.45, 7) is 3.13. The number of hydrogen-bond acceptors (Lipinski definition) is 4. The molecule has 20 heavy (non-hydrogen) atoms. The second-order valence-corrected chi connectivity index (χ2v) is 5.42. The van der Waals surface area contributed by atoms with E-state index in [2.05, 4.69) is 23.3 Å². The van der Waals surface area contributed by atoms with E-state index in [-0.39, 0.29) is 12.6 Å². The Balaban J connectivity index is 1.88. The van der Waals surface area contributed by atoms with Gasteiger partial charge in [0.05, 0.1) is 12.3 Å². The molecule has 1 heterocycles. The van der Waals surface area contributed by atoms with E-state index in [0.717, 1.165) is 42.8 Å². The summed E-state index contributed by atoms with van der Waals surface area (Å²) in [5.74, 6) is 0. The van der Waals surface area contributed by atoms with E-state index in [1.54, 1.807) is 6.20 Å². The molecule has 0 aliphatic heterocycles. The SMILES string of the molecule is CCCCC[C@@H](CO)NCC1=CCc2c(N)ccnc21. The maximum atomic E-state index is 9.42. The van der Waals surface area contributed by atoms with Gasteiger partial charge in [0.25, 0.3) is 0 Å². The zero-order valence-electron chi connectivity index (χ0n) is 12.2. The Morgan fingerprint density at radius 3 is 3.05 bits per heavy atom. The predicted octanol–water partition coefficient (Wildman–Crippen LogP) is 2.13. The number of nitrogens with one attached hydrogen (secondary N) is 1. The fraction of sp³-hybridized carbons (Fsp3) is 0.562. The molecular weight excluding hydrogens is 250 g/mol. The smallest absolute Gasteiger partial charge is 0.0727 e. The standard InChI is InChI=1S/C16H25N3O/c1-2-3-4-5-13(11-20)19-10-12-6-7-14-15(17)8-9-18-16(12)14/h6,8-9,13,19-20H,2-5,7,10-11H2,1H3,(H2,17,18)/t13-/m0/s1. The van der Waals surface area contributed by atoms with Crippen molar-refractivity contribution in [1.29, 1.82) is 0 Å². The van der Waals surface area contributed by atoms with Crippen LogP contribution in [0.1, 0.15) is 43.9 Å². The summed E-state index contributed by atoms with van der Waals surface area (Å²) < 4.78 is 0. The summed E-state index contributed by atoms with van der Waals surface area (Å²) in [4.78, 5) is 4.43. The zero-order chi connectivity index (χ0) is 14.4. The van der Waals surface area contributed by atoms with Gasteiger partial charge in [0, 0.05) is 30.0 Å². The number of pyridine rings is 1. The van der Waals surface area contributed by atoms with Crippen LogP contribution in [0, 0.1) is 0 Å². The number of nitrogen functional groups attached to an aromatic ring is 1. The quantitative estimate of drug-likeness (QED) is 0.636. The van der Waals surface area contributed by atoms with Crippen LogP contribution >= 0.6 is 0 Å². The molecule has 0 spiro atoms.